The quantitative estimate of drug-likeness (QED) is 0.769. The van der Waals surface area contributed by atoms with Gasteiger partial charge in [-0.05, 0) is 35.7 Å². The Morgan fingerprint density at radius 1 is 1.04 bits per heavy atom. The molecule has 1 N–H and O–H groups in total. The number of hydrogen-bond acceptors (Lipinski definition) is 3. The van der Waals surface area contributed by atoms with Crippen molar-refractivity contribution in [2.75, 3.05) is 23.9 Å². The summed E-state index contributed by atoms with van der Waals surface area (Å²) >= 11 is 0. The lowest BCUT2D eigenvalue weighted by Crippen LogP contribution is -2.28. The molecule has 0 radical (unpaired) electrons. The lowest BCUT2D eigenvalue weighted by molar-refractivity contribution is -0.122. The van der Waals surface area contributed by atoms with Gasteiger partial charge in [-0.3, -0.25) is 9.59 Å². The number of rotatable bonds is 4. The second kappa shape index (κ2) is 7.11. The largest absolute Gasteiger partial charge is 0.497 e. The van der Waals surface area contributed by atoms with Crippen LogP contribution >= 0.6 is 0 Å². The highest BCUT2D eigenvalue weighted by Crippen LogP contribution is 2.32. The van der Waals surface area contributed by atoms with Crippen LogP contribution in [0, 0.1) is 5.92 Å². The van der Waals surface area contributed by atoms with Gasteiger partial charge in [-0.1, -0.05) is 36.4 Å². The number of nitrogens with zero attached hydrogens (tertiary/aromatic N) is 1. The molecule has 3 aromatic carbocycles. The van der Waals surface area contributed by atoms with Crippen molar-refractivity contribution in [3.05, 3.63) is 66.7 Å². The molecule has 1 unspecified atom stereocenters. The van der Waals surface area contributed by atoms with Gasteiger partial charge >= 0.3 is 0 Å². The van der Waals surface area contributed by atoms with Crippen molar-refractivity contribution in [1.82, 2.24) is 0 Å². The fourth-order valence-corrected chi connectivity index (χ4v) is 3.48. The molecule has 0 spiro atoms. The third-order valence-corrected chi connectivity index (χ3v) is 4.91. The minimum Gasteiger partial charge on any atom is -0.497 e. The molecule has 2 amide bonds. The first-order chi connectivity index (χ1) is 13.2. The highest BCUT2D eigenvalue weighted by Gasteiger charge is 2.35. The van der Waals surface area contributed by atoms with Crippen LogP contribution in [0.15, 0.2) is 66.7 Å². The number of benzene rings is 3. The molecule has 5 nitrogen and oxygen atoms in total. The molecule has 1 fully saturated rings. The number of fused-ring (bicyclic) bond motifs is 1. The number of nitrogens with one attached hydrogen (secondary N) is 1. The van der Waals surface area contributed by atoms with Gasteiger partial charge in [-0.15, -0.1) is 0 Å². The zero-order valence-corrected chi connectivity index (χ0v) is 15.0. The van der Waals surface area contributed by atoms with Crippen LogP contribution < -0.4 is 15.0 Å². The molecule has 1 aliphatic heterocycles. The fraction of sp³-hybridized carbons (Fsp3) is 0.182. The average molecular weight is 360 g/mol. The van der Waals surface area contributed by atoms with Crippen molar-refractivity contribution in [3.8, 4) is 5.75 Å². The third-order valence-electron chi connectivity index (χ3n) is 4.91. The molecule has 1 saturated heterocycles. The Morgan fingerprint density at radius 3 is 2.56 bits per heavy atom. The van der Waals surface area contributed by atoms with Crippen LogP contribution in [0.25, 0.3) is 10.8 Å². The molecule has 1 atom stereocenters. The fourth-order valence-electron chi connectivity index (χ4n) is 3.48. The van der Waals surface area contributed by atoms with Crippen molar-refractivity contribution in [3.63, 3.8) is 0 Å². The maximum absolute atomic E-state index is 12.6. The third kappa shape index (κ3) is 3.36. The van der Waals surface area contributed by atoms with Crippen LogP contribution in [0.2, 0.25) is 0 Å². The van der Waals surface area contributed by atoms with E-state index in [-0.39, 0.29) is 24.2 Å². The van der Waals surface area contributed by atoms with Crippen molar-refractivity contribution >= 4 is 34.0 Å². The SMILES string of the molecule is COc1ccc(NC(=O)C2CC(=O)N(c3cccc4ccccc34)C2)cc1. The van der Waals surface area contributed by atoms with Gasteiger partial charge in [-0.25, -0.2) is 0 Å². The summed E-state index contributed by atoms with van der Waals surface area (Å²) in [6.07, 6.45) is 0.214. The van der Waals surface area contributed by atoms with Crippen LogP contribution in [0.5, 0.6) is 5.75 Å². The van der Waals surface area contributed by atoms with Gasteiger partial charge in [0.05, 0.1) is 18.7 Å². The Morgan fingerprint density at radius 2 is 1.78 bits per heavy atom. The molecule has 0 saturated carbocycles. The zero-order valence-electron chi connectivity index (χ0n) is 15.0. The van der Waals surface area contributed by atoms with Crippen molar-refractivity contribution in [2.24, 2.45) is 5.92 Å². The standard InChI is InChI=1S/C22H20N2O3/c1-27-18-11-9-17(10-12-18)23-22(26)16-13-21(25)24(14-16)20-8-4-6-15-5-2-3-7-19(15)20/h2-12,16H,13-14H2,1H3,(H,23,26). The number of anilines is 2. The van der Waals surface area contributed by atoms with Gasteiger partial charge in [0.1, 0.15) is 5.75 Å². The van der Waals surface area contributed by atoms with Crippen molar-refractivity contribution in [2.45, 2.75) is 6.42 Å². The van der Waals surface area contributed by atoms with Crippen molar-refractivity contribution in [1.29, 1.82) is 0 Å². The van der Waals surface area contributed by atoms with Crippen molar-refractivity contribution < 1.29 is 14.3 Å². The van der Waals surface area contributed by atoms with Gasteiger partial charge in [0.25, 0.3) is 0 Å². The highest BCUT2D eigenvalue weighted by molar-refractivity contribution is 6.08. The summed E-state index contributed by atoms with van der Waals surface area (Å²) in [7, 11) is 1.60. The average Bonchev–Trinajstić information content (AvgIpc) is 3.10. The summed E-state index contributed by atoms with van der Waals surface area (Å²) in [5, 5.41) is 4.99. The van der Waals surface area contributed by atoms with Crippen LogP contribution in [0.4, 0.5) is 11.4 Å². The van der Waals surface area contributed by atoms with Gasteiger partial charge in [0.15, 0.2) is 0 Å². The Labute approximate surface area is 157 Å². The minimum absolute atomic E-state index is 0.0266. The van der Waals surface area contributed by atoms with Gasteiger partial charge < -0.3 is 15.0 Å². The molecule has 3 aromatic rings. The first-order valence-corrected chi connectivity index (χ1v) is 8.89. The van der Waals surface area contributed by atoms with Crippen LogP contribution in [-0.4, -0.2) is 25.5 Å². The van der Waals surface area contributed by atoms with E-state index in [1.807, 2.05) is 42.5 Å². The normalized spacial score (nSPS) is 16.6. The van der Waals surface area contributed by atoms with Crippen LogP contribution in [0.1, 0.15) is 6.42 Å². The number of amides is 2. The second-order valence-corrected chi connectivity index (χ2v) is 6.62. The van der Waals surface area contributed by atoms with E-state index < -0.39 is 0 Å². The monoisotopic (exact) mass is 360 g/mol. The number of carbonyl (C=O) groups is 2. The molecule has 27 heavy (non-hydrogen) atoms. The topological polar surface area (TPSA) is 58.6 Å². The minimum atomic E-state index is -0.376. The summed E-state index contributed by atoms with van der Waals surface area (Å²) in [5.74, 6) is 0.183. The molecule has 4 rings (SSSR count). The molecule has 1 aliphatic rings. The van der Waals surface area contributed by atoms with Gasteiger partial charge in [0.2, 0.25) is 11.8 Å². The van der Waals surface area contributed by atoms with Crippen LogP contribution in [0.3, 0.4) is 0 Å². The highest BCUT2D eigenvalue weighted by atomic mass is 16.5. The molecule has 0 aromatic heterocycles. The lowest BCUT2D eigenvalue weighted by atomic mass is 10.1. The van der Waals surface area contributed by atoms with E-state index in [0.29, 0.717) is 12.2 Å². The Kier molecular flexibility index (Phi) is 4.50. The molecular formula is C22H20N2O3. The zero-order chi connectivity index (χ0) is 18.8. The first-order valence-electron chi connectivity index (χ1n) is 8.89. The number of methoxy groups -OCH3 is 1. The van der Waals surface area contributed by atoms with E-state index in [2.05, 4.69) is 5.32 Å². The predicted octanol–water partition coefficient (Wildman–Crippen LogP) is 3.84. The lowest BCUT2D eigenvalue weighted by Gasteiger charge is -2.19. The Bertz CT molecular complexity index is 993. The van der Waals surface area contributed by atoms with Gasteiger partial charge in [-0.2, -0.15) is 0 Å². The Balaban J connectivity index is 1.52. The van der Waals surface area contributed by atoms with E-state index in [0.717, 1.165) is 22.2 Å². The first kappa shape index (κ1) is 17.1. The number of carbonyl (C=O) groups excluding carboxylic acids is 2. The molecular weight excluding hydrogens is 340 g/mol. The van der Waals surface area contributed by atoms with E-state index in [9.17, 15) is 9.59 Å². The predicted molar refractivity (Wildman–Crippen MR) is 106 cm³/mol. The van der Waals surface area contributed by atoms with Crippen LogP contribution in [-0.2, 0) is 9.59 Å². The second-order valence-electron chi connectivity index (χ2n) is 6.62. The smallest absolute Gasteiger partial charge is 0.229 e. The molecule has 0 aliphatic carbocycles. The molecule has 1 heterocycles. The van der Waals surface area contributed by atoms with E-state index in [1.165, 1.54) is 0 Å². The van der Waals surface area contributed by atoms with Gasteiger partial charge in [0, 0.05) is 24.0 Å². The molecule has 5 heteroatoms. The molecule has 0 bridgehead atoms. The molecule has 136 valence electrons. The summed E-state index contributed by atoms with van der Waals surface area (Å²) < 4.78 is 5.12. The number of hydrogen-bond donors (Lipinski definition) is 1. The number of ether oxygens (including phenoxy) is 1. The van der Waals surface area contributed by atoms with E-state index in [4.69, 9.17) is 4.74 Å². The Hall–Kier alpha value is -3.34. The summed E-state index contributed by atoms with van der Waals surface area (Å²) in [4.78, 5) is 27.0. The maximum Gasteiger partial charge on any atom is 0.229 e. The summed E-state index contributed by atoms with van der Waals surface area (Å²) in [5.41, 5.74) is 1.55. The summed E-state index contributed by atoms with van der Waals surface area (Å²) in [6.45, 7) is 0.384. The van der Waals surface area contributed by atoms with E-state index in [1.54, 1.807) is 36.3 Å². The van der Waals surface area contributed by atoms with E-state index >= 15 is 0 Å². The summed E-state index contributed by atoms with van der Waals surface area (Å²) in [6, 6.07) is 21.0. The maximum atomic E-state index is 12.6.